The fraction of sp³-hybridized carbons (Fsp3) is 0.333. The molecule has 0 saturated heterocycles. The van der Waals surface area contributed by atoms with Crippen molar-refractivity contribution < 1.29 is 4.79 Å². The van der Waals surface area contributed by atoms with Crippen molar-refractivity contribution >= 4 is 28.3 Å². The number of nitrogens with one attached hydrogen (secondary N) is 2. The number of amides is 1. The SMILES string of the molecule is CN(C)c1cc(N[C@H]2CC[C@@H](NC(=O)c3ccccc3)CC2)nc2ccccc12. The molecule has 0 spiro atoms. The Morgan fingerprint density at radius 1 is 0.931 bits per heavy atom. The van der Waals surface area contributed by atoms with Gasteiger partial charge in [-0.3, -0.25) is 4.79 Å². The zero-order valence-corrected chi connectivity index (χ0v) is 17.1. The number of hydrogen-bond donors (Lipinski definition) is 2. The average Bonchev–Trinajstić information content (AvgIpc) is 2.75. The van der Waals surface area contributed by atoms with Crippen LogP contribution in [0.25, 0.3) is 10.9 Å². The molecule has 0 atom stereocenters. The molecule has 150 valence electrons. The van der Waals surface area contributed by atoms with Gasteiger partial charge in [0, 0.05) is 48.9 Å². The quantitative estimate of drug-likeness (QED) is 0.678. The van der Waals surface area contributed by atoms with Crippen molar-refractivity contribution in [2.75, 3.05) is 24.3 Å². The van der Waals surface area contributed by atoms with Gasteiger partial charge in [-0.25, -0.2) is 4.98 Å². The van der Waals surface area contributed by atoms with Crippen LogP contribution in [0, 0.1) is 0 Å². The van der Waals surface area contributed by atoms with E-state index in [-0.39, 0.29) is 11.9 Å². The number of hydrogen-bond acceptors (Lipinski definition) is 4. The van der Waals surface area contributed by atoms with Gasteiger partial charge in [0.1, 0.15) is 5.82 Å². The molecule has 2 aromatic carbocycles. The molecule has 5 nitrogen and oxygen atoms in total. The summed E-state index contributed by atoms with van der Waals surface area (Å²) in [6.07, 6.45) is 3.99. The summed E-state index contributed by atoms with van der Waals surface area (Å²) in [4.78, 5) is 19.3. The summed E-state index contributed by atoms with van der Waals surface area (Å²) in [6, 6.07) is 20.4. The number of anilines is 2. The molecule has 5 heteroatoms. The number of carbonyl (C=O) groups excluding carboxylic acids is 1. The van der Waals surface area contributed by atoms with Crippen LogP contribution in [0.5, 0.6) is 0 Å². The van der Waals surface area contributed by atoms with Crippen LogP contribution in [-0.2, 0) is 0 Å². The highest BCUT2D eigenvalue weighted by molar-refractivity contribution is 5.94. The molecule has 1 amide bonds. The molecular weight excluding hydrogens is 360 g/mol. The molecule has 1 heterocycles. The normalized spacial score (nSPS) is 19.0. The summed E-state index contributed by atoms with van der Waals surface area (Å²) in [6.45, 7) is 0. The molecule has 4 rings (SSSR count). The number of nitrogens with zero attached hydrogens (tertiary/aromatic N) is 2. The van der Waals surface area contributed by atoms with Gasteiger partial charge in [-0.1, -0.05) is 36.4 Å². The second-order valence-corrected chi connectivity index (χ2v) is 7.97. The van der Waals surface area contributed by atoms with Crippen LogP contribution in [0.1, 0.15) is 36.0 Å². The molecule has 2 N–H and O–H groups in total. The zero-order valence-electron chi connectivity index (χ0n) is 17.1. The molecule has 1 saturated carbocycles. The first-order valence-corrected chi connectivity index (χ1v) is 10.3. The zero-order chi connectivity index (χ0) is 20.2. The molecule has 0 aliphatic heterocycles. The van der Waals surface area contributed by atoms with E-state index in [1.54, 1.807) is 0 Å². The van der Waals surface area contributed by atoms with Crippen molar-refractivity contribution in [2.45, 2.75) is 37.8 Å². The van der Waals surface area contributed by atoms with Crippen LogP contribution in [0.3, 0.4) is 0 Å². The number of para-hydroxylation sites is 1. The van der Waals surface area contributed by atoms with E-state index in [0.29, 0.717) is 6.04 Å². The standard InChI is InChI=1S/C24H28N4O/c1-28(2)22-16-23(27-21-11-7-6-10-20(21)22)25-18-12-14-19(15-13-18)26-24(29)17-8-4-3-5-9-17/h3-11,16,18-19H,12-15H2,1-2H3,(H,25,27)(H,26,29)/t18-,19+. The summed E-state index contributed by atoms with van der Waals surface area (Å²) >= 11 is 0. The number of carbonyl (C=O) groups is 1. The summed E-state index contributed by atoms with van der Waals surface area (Å²) < 4.78 is 0. The average molecular weight is 389 g/mol. The van der Waals surface area contributed by atoms with Crippen molar-refractivity contribution in [1.82, 2.24) is 10.3 Å². The van der Waals surface area contributed by atoms with E-state index in [9.17, 15) is 4.79 Å². The van der Waals surface area contributed by atoms with E-state index in [1.165, 1.54) is 5.69 Å². The van der Waals surface area contributed by atoms with Crippen molar-refractivity contribution in [2.24, 2.45) is 0 Å². The lowest BCUT2D eigenvalue weighted by molar-refractivity contribution is 0.0926. The van der Waals surface area contributed by atoms with E-state index in [2.05, 4.69) is 53.9 Å². The van der Waals surface area contributed by atoms with E-state index < -0.39 is 0 Å². The fourth-order valence-electron chi connectivity index (χ4n) is 4.05. The third-order valence-electron chi connectivity index (χ3n) is 5.63. The lowest BCUT2D eigenvalue weighted by atomic mass is 9.91. The highest BCUT2D eigenvalue weighted by Gasteiger charge is 2.23. The second kappa shape index (κ2) is 8.52. The van der Waals surface area contributed by atoms with Crippen LogP contribution in [0.4, 0.5) is 11.5 Å². The first-order valence-electron chi connectivity index (χ1n) is 10.3. The van der Waals surface area contributed by atoms with Gasteiger partial charge in [0.05, 0.1) is 5.52 Å². The lowest BCUT2D eigenvalue weighted by Gasteiger charge is -2.30. The summed E-state index contributed by atoms with van der Waals surface area (Å²) in [5.41, 5.74) is 2.90. The number of benzene rings is 2. The Hall–Kier alpha value is -3.08. The van der Waals surface area contributed by atoms with Gasteiger partial charge in [-0.2, -0.15) is 0 Å². The Balaban J connectivity index is 1.38. The maximum atomic E-state index is 12.4. The van der Waals surface area contributed by atoms with Crippen LogP contribution in [0.2, 0.25) is 0 Å². The van der Waals surface area contributed by atoms with E-state index in [4.69, 9.17) is 4.98 Å². The summed E-state index contributed by atoms with van der Waals surface area (Å²) in [5.74, 6) is 0.943. The van der Waals surface area contributed by atoms with Gasteiger partial charge in [-0.05, 0) is 43.9 Å². The Morgan fingerprint density at radius 3 is 2.31 bits per heavy atom. The first-order chi connectivity index (χ1) is 14.1. The topological polar surface area (TPSA) is 57.3 Å². The first kappa shape index (κ1) is 19.2. The third kappa shape index (κ3) is 4.50. The lowest BCUT2D eigenvalue weighted by Crippen LogP contribution is -2.40. The second-order valence-electron chi connectivity index (χ2n) is 7.97. The molecule has 1 aromatic heterocycles. The monoisotopic (exact) mass is 388 g/mol. The van der Waals surface area contributed by atoms with Crippen molar-refractivity contribution in [1.29, 1.82) is 0 Å². The predicted octanol–water partition coefficient (Wildman–Crippen LogP) is 4.45. The molecule has 0 unspecified atom stereocenters. The Morgan fingerprint density at radius 2 is 1.59 bits per heavy atom. The largest absolute Gasteiger partial charge is 0.377 e. The van der Waals surface area contributed by atoms with Crippen molar-refractivity contribution in [3.05, 3.63) is 66.2 Å². The van der Waals surface area contributed by atoms with Crippen LogP contribution in [0.15, 0.2) is 60.7 Å². The predicted molar refractivity (Wildman–Crippen MR) is 120 cm³/mol. The van der Waals surface area contributed by atoms with Crippen molar-refractivity contribution in [3.8, 4) is 0 Å². The van der Waals surface area contributed by atoms with E-state index in [0.717, 1.165) is 48.0 Å². The number of rotatable bonds is 5. The Labute approximate surface area is 172 Å². The van der Waals surface area contributed by atoms with Gasteiger partial charge in [-0.15, -0.1) is 0 Å². The molecule has 1 fully saturated rings. The molecule has 0 radical (unpaired) electrons. The number of fused-ring (bicyclic) bond motifs is 1. The Bertz CT molecular complexity index is 979. The number of aromatic nitrogens is 1. The fourth-order valence-corrected chi connectivity index (χ4v) is 4.05. The van der Waals surface area contributed by atoms with Crippen LogP contribution in [-0.4, -0.2) is 37.1 Å². The summed E-state index contributed by atoms with van der Waals surface area (Å²) in [5, 5.41) is 7.96. The molecule has 3 aromatic rings. The highest BCUT2D eigenvalue weighted by atomic mass is 16.1. The van der Waals surface area contributed by atoms with Gasteiger partial charge >= 0.3 is 0 Å². The molecule has 0 bridgehead atoms. The van der Waals surface area contributed by atoms with Gasteiger partial charge in [0.25, 0.3) is 5.91 Å². The minimum absolute atomic E-state index is 0.0221. The highest BCUT2D eigenvalue weighted by Crippen LogP contribution is 2.29. The van der Waals surface area contributed by atoms with Crippen LogP contribution >= 0.6 is 0 Å². The maximum absolute atomic E-state index is 12.4. The minimum Gasteiger partial charge on any atom is -0.377 e. The summed E-state index contributed by atoms with van der Waals surface area (Å²) in [7, 11) is 4.12. The van der Waals surface area contributed by atoms with Gasteiger partial charge < -0.3 is 15.5 Å². The molecule has 1 aliphatic rings. The minimum atomic E-state index is 0.0221. The smallest absolute Gasteiger partial charge is 0.251 e. The van der Waals surface area contributed by atoms with Crippen LogP contribution < -0.4 is 15.5 Å². The molecule has 1 aliphatic carbocycles. The van der Waals surface area contributed by atoms with Gasteiger partial charge in [0.2, 0.25) is 0 Å². The number of pyridine rings is 1. The molecule has 29 heavy (non-hydrogen) atoms. The Kier molecular flexibility index (Phi) is 5.65. The van der Waals surface area contributed by atoms with E-state index >= 15 is 0 Å². The van der Waals surface area contributed by atoms with Crippen molar-refractivity contribution in [3.63, 3.8) is 0 Å². The molecular formula is C24H28N4O. The third-order valence-corrected chi connectivity index (χ3v) is 5.63. The van der Waals surface area contributed by atoms with E-state index in [1.807, 2.05) is 36.4 Å². The maximum Gasteiger partial charge on any atom is 0.251 e. The van der Waals surface area contributed by atoms with Gasteiger partial charge in [0.15, 0.2) is 0 Å².